The molecular formula is C90H52B2N4. The van der Waals surface area contributed by atoms with Crippen molar-refractivity contribution in [1.82, 2.24) is 18.3 Å². The maximum Gasteiger partial charge on any atom is 0.252 e. The van der Waals surface area contributed by atoms with E-state index in [4.69, 9.17) is 0 Å². The summed E-state index contributed by atoms with van der Waals surface area (Å²) in [5.41, 5.74) is 37.4. The van der Waals surface area contributed by atoms with Crippen LogP contribution in [0.3, 0.4) is 0 Å². The van der Waals surface area contributed by atoms with Gasteiger partial charge < -0.3 is 18.3 Å². The van der Waals surface area contributed by atoms with Gasteiger partial charge in [0.2, 0.25) is 0 Å². The van der Waals surface area contributed by atoms with Crippen molar-refractivity contribution in [2.24, 2.45) is 0 Å². The summed E-state index contributed by atoms with van der Waals surface area (Å²) in [6.45, 7) is -0.359. The first kappa shape index (κ1) is 51.2. The molecule has 19 aromatic rings. The summed E-state index contributed by atoms with van der Waals surface area (Å²) in [5, 5.41) is 10.1. The molecule has 0 fully saturated rings. The molecular weight excluding hydrogens is 1160 g/mol. The van der Waals surface area contributed by atoms with Crippen LogP contribution in [-0.2, 0) is 0 Å². The van der Waals surface area contributed by atoms with Gasteiger partial charge >= 0.3 is 0 Å². The molecule has 0 atom stereocenters. The van der Waals surface area contributed by atoms with Gasteiger partial charge in [-0.2, -0.15) is 0 Å². The van der Waals surface area contributed by atoms with E-state index >= 15 is 0 Å². The van der Waals surface area contributed by atoms with E-state index in [1.54, 1.807) is 0 Å². The van der Waals surface area contributed by atoms with Crippen LogP contribution in [0.25, 0.3) is 177 Å². The molecule has 0 unspecified atom stereocenters. The van der Waals surface area contributed by atoms with E-state index in [0.717, 1.165) is 0 Å². The first-order chi connectivity index (χ1) is 47.7. The van der Waals surface area contributed by atoms with Crippen molar-refractivity contribution < 1.29 is 0 Å². The first-order valence-corrected chi connectivity index (χ1v) is 33.6. The average molecular weight is 1210 g/mol. The molecule has 15 aromatic carbocycles. The van der Waals surface area contributed by atoms with Crippen molar-refractivity contribution in [3.8, 4) is 89.5 Å². The third-order valence-corrected chi connectivity index (χ3v) is 22.2. The topological polar surface area (TPSA) is 19.7 Å². The lowest BCUT2D eigenvalue weighted by Gasteiger charge is -2.38. The van der Waals surface area contributed by atoms with E-state index in [-0.39, 0.29) is 13.4 Å². The van der Waals surface area contributed by atoms with Crippen molar-refractivity contribution >= 4 is 133 Å². The predicted octanol–water partition coefficient (Wildman–Crippen LogP) is 18.4. The Morgan fingerprint density at radius 2 is 0.500 bits per heavy atom. The number of fused-ring (bicyclic) bond motifs is 22. The predicted molar refractivity (Wildman–Crippen MR) is 406 cm³/mol. The van der Waals surface area contributed by atoms with Gasteiger partial charge in [0.25, 0.3) is 13.4 Å². The zero-order valence-electron chi connectivity index (χ0n) is 52.0. The second-order valence-corrected chi connectivity index (χ2v) is 27.0. The van der Waals surface area contributed by atoms with Crippen LogP contribution in [0.15, 0.2) is 315 Å². The van der Waals surface area contributed by atoms with Crippen LogP contribution >= 0.6 is 0 Å². The van der Waals surface area contributed by atoms with Crippen LogP contribution < -0.4 is 32.8 Å². The van der Waals surface area contributed by atoms with E-state index in [0.29, 0.717) is 0 Å². The van der Waals surface area contributed by atoms with Gasteiger partial charge in [-0.3, -0.25) is 0 Å². The number of hydrogen-bond acceptors (Lipinski definition) is 0. The van der Waals surface area contributed by atoms with Crippen LogP contribution in [0.1, 0.15) is 0 Å². The van der Waals surface area contributed by atoms with Crippen molar-refractivity contribution in [1.29, 1.82) is 0 Å². The quantitative estimate of drug-likeness (QED) is 0.148. The minimum absolute atomic E-state index is 0.179. The summed E-state index contributed by atoms with van der Waals surface area (Å²) in [6.07, 6.45) is 0. The highest BCUT2D eigenvalue weighted by Gasteiger charge is 2.47. The lowest BCUT2D eigenvalue weighted by atomic mass is 9.31. The molecule has 6 heteroatoms. The molecule has 0 saturated heterocycles. The number of nitrogens with zero attached hydrogens (tertiary/aromatic N) is 4. The van der Waals surface area contributed by atoms with Crippen LogP contribution in [0, 0.1) is 0 Å². The number of aromatic nitrogens is 4. The Hall–Kier alpha value is -12.4. The average Bonchev–Trinajstić information content (AvgIpc) is 1.38. The number of para-hydroxylation sites is 2. The molecule has 0 saturated carbocycles. The number of benzene rings is 15. The van der Waals surface area contributed by atoms with E-state index in [2.05, 4.69) is 334 Å². The SMILES string of the molecule is c1ccc(-c2ccc3c(c2)c2cc(-c4ccccc4)c4c5c2n3-c2cc3c(cc2B5c2cc(-c5ccccc5)cc5c6ccccc6n-4c25)-n2c4ccc(-c5ccccc5)cc4c4cc(-c5ccccc5)c5c(c42)B3c2cc(-c3ccccc3)cc3c4ccccc4n-5c23)cc1. The van der Waals surface area contributed by atoms with Crippen molar-refractivity contribution in [2.45, 2.75) is 0 Å². The molecule has 4 aromatic heterocycles. The molecule has 0 aliphatic carbocycles. The van der Waals surface area contributed by atoms with Gasteiger partial charge in [0.1, 0.15) is 0 Å². The molecule has 438 valence electrons. The van der Waals surface area contributed by atoms with Gasteiger partial charge in [-0.05, 0) is 161 Å². The van der Waals surface area contributed by atoms with Crippen LogP contribution in [0.2, 0.25) is 0 Å². The van der Waals surface area contributed by atoms with Gasteiger partial charge in [0.05, 0.1) is 44.5 Å². The fourth-order valence-electron chi connectivity index (χ4n) is 18.4. The lowest BCUT2D eigenvalue weighted by molar-refractivity contribution is 1.14. The Kier molecular flexibility index (Phi) is 9.96. The van der Waals surface area contributed by atoms with Crippen molar-refractivity contribution in [2.75, 3.05) is 0 Å². The minimum atomic E-state index is -0.179. The molecule has 0 amide bonds. The number of hydrogen-bond donors (Lipinski definition) is 0. The fraction of sp³-hybridized carbons (Fsp3) is 0. The molecule has 4 nitrogen and oxygen atoms in total. The van der Waals surface area contributed by atoms with Gasteiger partial charge in [0, 0.05) is 76.6 Å². The van der Waals surface area contributed by atoms with Crippen molar-refractivity contribution in [3.05, 3.63) is 315 Å². The summed E-state index contributed by atoms with van der Waals surface area (Å²) in [4.78, 5) is 0. The van der Waals surface area contributed by atoms with E-state index in [1.807, 2.05) is 0 Å². The Morgan fingerprint density at radius 3 is 0.885 bits per heavy atom. The first-order valence-electron chi connectivity index (χ1n) is 33.6. The van der Waals surface area contributed by atoms with Crippen molar-refractivity contribution in [3.63, 3.8) is 0 Å². The standard InChI is InChI=1S/C90H52B2N4/c1-7-23-53(24-8-1)59-39-41-79-67(43-59)71-49-65(57-31-15-5-16-32-57)87-83-89(71)93(79)81-51-74-82(52-73(81)91(83)75-47-61(55-27-11-3-12-28-55)45-69-63-35-19-21-37-77(63)95(87)85(69)75)94-80-42-40-60(54-25-9-2-10-26-54)44-68(80)72-50-66(58-33-17-6-18-34-58)88-84(90(72)94)92(74)76-48-62(56-29-13-4-14-30-56)46-70-64-36-20-22-38-78(64)96(88)86(70)76/h1-52H. The zero-order valence-corrected chi connectivity index (χ0v) is 52.0. The maximum absolute atomic E-state index is 2.72. The summed E-state index contributed by atoms with van der Waals surface area (Å²) in [5.74, 6) is 0. The highest BCUT2D eigenvalue weighted by atomic mass is 15.1. The molecule has 4 aliphatic heterocycles. The number of rotatable bonds is 6. The molecule has 96 heavy (non-hydrogen) atoms. The Bertz CT molecular complexity index is 6250. The smallest absolute Gasteiger partial charge is 0.252 e. The fourth-order valence-corrected chi connectivity index (χ4v) is 18.4. The van der Waals surface area contributed by atoms with Crippen LogP contribution in [-0.4, -0.2) is 31.7 Å². The molecule has 0 N–H and O–H groups in total. The largest absolute Gasteiger partial charge is 0.310 e. The second kappa shape index (κ2) is 18.7. The minimum Gasteiger partial charge on any atom is -0.310 e. The van der Waals surface area contributed by atoms with E-state index in [1.165, 1.54) is 210 Å². The molecule has 0 bridgehead atoms. The summed E-state index contributed by atoms with van der Waals surface area (Å²) < 4.78 is 10.8. The monoisotopic (exact) mass is 1210 g/mol. The molecule has 0 radical (unpaired) electrons. The summed E-state index contributed by atoms with van der Waals surface area (Å²) >= 11 is 0. The highest BCUT2D eigenvalue weighted by Crippen LogP contribution is 2.49. The Labute approximate surface area is 553 Å². The summed E-state index contributed by atoms with van der Waals surface area (Å²) in [7, 11) is 0. The summed E-state index contributed by atoms with van der Waals surface area (Å²) in [6, 6.07) is 120. The normalized spacial score (nSPS) is 13.0. The highest BCUT2D eigenvalue weighted by molar-refractivity contribution is 7.02. The Balaban J connectivity index is 0.934. The van der Waals surface area contributed by atoms with E-state index < -0.39 is 0 Å². The molecule has 0 spiro atoms. The molecule has 4 aliphatic rings. The third-order valence-electron chi connectivity index (χ3n) is 22.2. The van der Waals surface area contributed by atoms with Gasteiger partial charge in [-0.15, -0.1) is 0 Å². The third kappa shape index (κ3) is 6.60. The van der Waals surface area contributed by atoms with Crippen LogP contribution in [0.5, 0.6) is 0 Å². The maximum atomic E-state index is 2.72. The van der Waals surface area contributed by atoms with E-state index in [9.17, 15) is 0 Å². The lowest BCUT2D eigenvalue weighted by Crippen LogP contribution is -2.62. The second-order valence-electron chi connectivity index (χ2n) is 27.0. The Morgan fingerprint density at radius 1 is 0.188 bits per heavy atom. The van der Waals surface area contributed by atoms with Gasteiger partial charge in [0.15, 0.2) is 0 Å². The van der Waals surface area contributed by atoms with Crippen LogP contribution in [0.4, 0.5) is 0 Å². The zero-order chi connectivity index (χ0) is 62.2. The van der Waals surface area contributed by atoms with Gasteiger partial charge in [-0.25, -0.2) is 0 Å². The molecule has 8 heterocycles. The molecule has 23 rings (SSSR count). The van der Waals surface area contributed by atoms with Gasteiger partial charge in [-0.1, -0.05) is 243 Å².